The molecule has 0 aliphatic heterocycles. The number of carbonyl (C=O) groups excluding carboxylic acids is 1. The molecule has 0 unspecified atom stereocenters. The van der Waals surface area contributed by atoms with E-state index in [-0.39, 0.29) is 11.8 Å². The van der Waals surface area contributed by atoms with Crippen molar-refractivity contribution in [1.29, 1.82) is 0 Å². The fraction of sp³-hybridized carbons (Fsp3) is 0.200. The van der Waals surface area contributed by atoms with Crippen molar-refractivity contribution in [2.24, 2.45) is 0 Å². The lowest BCUT2D eigenvalue weighted by molar-refractivity contribution is 0.206. The predicted octanol–water partition coefficient (Wildman–Crippen LogP) is 3.84. The minimum Gasteiger partial charge on any atom is -0.333 e. The van der Waals surface area contributed by atoms with Crippen LogP contribution in [0, 0.1) is 5.82 Å². The number of amides is 2. The quantitative estimate of drug-likeness (QED) is 0.787. The second-order valence-corrected chi connectivity index (χ2v) is 6.98. The van der Waals surface area contributed by atoms with Crippen molar-refractivity contribution in [3.63, 3.8) is 0 Å². The van der Waals surface area contributed by atoms with Gasteiger partial charge in [0, 0.05) is 28.2 Å². The van der Waals surface area contributed by atoms with Crippen molar-refractivity contribution < 1.29 is 9.18 Å². The van der Waals surface area contributed by atoms with Gasteiger partial charge < -0.3 is 10.2 Å². The van der Waals surface area contributed by atoms with Gasteiger partial charge in [-0.05, 0) is 29.7 Å². The Morgan fingerprint density at radius 1 is 1.41 bits per heavy atom. The number of halogens is 1. The van der Waals surface area contributed by atoms with Gasteiger partial charge in [-0.15, -0.1) is 22.7 Å². The smallest absolute Gasteiger partial charge is 0.317 e. The molecule has 0 atom stereocenters. The predicted molar refractivity (Wildman–Crippen MR) is 87.6 cm³/mol. The first kappa shape index (κ1) is 14.9. The van der Waals surface area contributed by atoms with Crippen LogP contribution in [0.25, 0.3) is 10.1 Å². The van der Waals surface area contributed by atoms with Gasteiger partial charge in [0.2, 0.25) is 0 Å². The molecular formula is C15H14FN3OS2. The maximum Gasteiger partial charge on any atom is 0.317 e. The summed E-state index contributed by atoms with van der Waals surface area (Å²) in [5, 5.41) is 6.52. The Labute approximate surface area is 135 Å². The number of aromatic nitrogens is 1. The highest BCUT2D eigenvalue weighted by molar-refractivity contribution is 7.19. The molecule has 2 aromatic heterocycles. The molecule has 0 bridgehead atoms. The van der Waals surface area contributed by atoms with E-state index in [1.807, 2.05) is 11.4 Å². The fourth-order valence-corrected chi connectivity index (χ4v) is 3.71. The first-order valence-corrected chi connectivity index (χ1v) is 8.37. The van der Waals surface area contributed by atoms with Crippen LogP contribution in [0.5, 0.6) is 0 Å². The summed E-state index contributed by atoms with van der Waals surface area (Å²) in [5.41, 5.74) is 0. The molecule has 2 heterocycles. The number of urea groups is 1. The van der Waals surface area contributed by atoms with Gasteiger partial charge in [0.1, 0.15) is 10.8 Å². The van der Waals surface area contributed by atoms with Crippen LogP contribution in [-0.2, 0) is 13.1 Å². The number of carbonyl (C=O) groups is 1. The highest BCUT2D eigenvalue weighted by Crippen LogP contribution is 2.26. The maximum atomic E-state index is 13.2. The summed E-state index contributed by atoms with van der Waals surface area (Å²) < 4.78 is 14.2. The molecule has 114 valence electrons. The van der Waals surface area contributed by atoms with Crippen LogP contribution in [0.1, 0.15) is 9.88 Å². The summed E-state index contributed by atoms with van der Waals surface area (Å²) >= 11 is 3.08. The monoisotopic (exact) mass is 335 g/mol. The Morgan fingerprint density at radius 2 is 2.27 bits per heavy atom. The van der Waals surface area contributed by atoms with Crippen molar-refractivity contribution >= 4 is 38.8 Å². The summed E-state index contributed by atoms with van der Waals surface area (Å²) in [5.74, 6) is -0.246. The third-order valence-electron chi connectivity index (χ3n) is 3.15. The Bertz CT molecular complexity index is 785. The molecule has 0 aliphatic carbocycles. The second kappa shape index (κ2) is 6.41. The van der Waals surface area contributed by atoms with Gasteiger partial charge in [0.05, 0.1) is 13.1 Å². The zero-order chi connectivity index (χ0) is 15.5. The Hall–Kier alpha value is -1.99. The van der Waals surface area contributed by atoms with E-state index < -0.39 is 0 Å². The third-order valence-corrected chi connectivity index (χ3v) is 5.03. The van der Waals surface area contributed by atoms with Gasteiger partial charge in [0.25, 0.3) is 0 Å². The van der Waals surface area contributed by atoms with Crippen LogP contribution in [0.15, 0.2) is 35.8 Å². The van der Waals surface area contributed by atoms with E-state index in [0.29, 0.717) is 13.1 Å². The van der Waals surface area contributed by atoms with Crippen molar-refractivity contribution in [3.05, 3.63) is 51.5 Å². The Morgan fingerprint density at radius 3 is 3.05 bits per heavy atom. The average molecular weight is 335 g/mol. The molecule has 0 saturated carbocycles. The van der Waals surface area contributed by atoms with Crippen LogP contribution < -0.4 is 5.32 Å². The van der Waals surface area contributed by atoms with Gasteiger partial charge in [-0.1, -0.05) is 0 Å². The van der Waals surface area contributed by atoms with Crippen molar-refractivity contribution in [2.45, 2.75) is 13.1 Å². The number of hydrogen-bond donors (Lipinski definition) is 1. The van der Waals surface area contributed by atoms with Gasteiger partial charge in [-0.25, -0.2) is 14.2 Å². The molecular weight excluding hydrogens is 321 g/mol. The molecule has 3 aromatic rings. The number of fused-ring (bicyclic) bond motifs is 1. The summed E-state index contributed by atoms with van der Waals surface area (Å²) in [7, 11) is 1.73. The molecule has 4 nitrogen and oxygen atoms in total. The van der Waals surface area contributed by atoms with Crippen LogP contribution in [0.2, 0.25) is 0 Å². The van der Waals surface area contributed by atoms with Crippen LogP contribution >= 0.6 is 22.7 Å². The van der Waals surface area contributed by atoms with E-state index >= 15 is 0 Å². The lowest BCUT2D eigenvalue weighted by Gasteiger charge is -2.16. The number of hydrogen-bond acceptors (Lipinski definition) is 4. The van der Waals surface area contributed by atoms with E-state index in [4.69, 9.17) is 0 Å². The summed E-state index contributed by atoms with van der Waals surface area (Å²) in [6.45, 7) is 0.920. The molecule has 1 N–H and O–H groups in total. The highest BCUT2D eigenvalue weighted by Gasteiger charge is 2.11. The molecule has 22 heavy (non-hydrogen) atoms. The first-order valence-electron chi connectivity index (χ1n) is 6.67. The minimum absolute atomic E-state index is 0.154. The molecule has 2 amide bonds. The standard InChI is InChI=1S/C15H14FN3OS2/c1-19(9-14-17-4-5-21-14)15(20)18-8-12-7-10-6-11(16)2-3-13(10)22-12/h2-7H,8-9H2,1H3,(H,18,20). The third kappa shape index (κ3) is 3.42. The minimum atomic E-state index is -0.246. The number of rotatable bonds is 4. The summed E-state index contributed by atoms with van der Waals surface area (Å²) in [6.07, 6.45) is 1.72. The van der Waals surface area contributed by atoms with Crippen molar-refractivity contribution in [1.82, 2.24) is 15.2 Å². The normalized spacial score (nSPS) is 10.8. The van der Waals surface area contributed by atoms with Crippen molar-refractivity contribution in [2.75, 3.05) is 7.05 Å². The molecule has 0 fully saturated rings. The number of thiazole rings is 1. The van der Waals surface area contributed by atoms with Crippen molar-refractivity contribution in [3.8, 4) is 0 Å². The largest absolute Gasteiger partial charge is 0.333 e. The van der Waals surface area contributed by atoms with Crippen LogP contribution in [0.4, 0.5) is 9.18 Å². The van der Waals surface area contributed by atoms with Gasteiger partial charge in [-0.2, -0.15) is 0 Å². The maximum absolute atomic E-state index is 13.2. The second-order valence-electron chi connectivity index (χ2n) is 4.84. The average Bonchev–Trinajstić information content (AvgIpc) is 3.13. The Kier molecular flexibility index (Phi) is 4.35. The zero-order valence-corrected chi connectivity index (χ0v) is 13.5. The molecule has 0 spiro atoms. The van der Waals surface area contributed by atoms with E-state index in [0.717, 1.165) is 20.0 Å². The number of thiophene rings is 1. The SMILES string of the molecule is CN(Cc1nccs1)C(=O)NCc1cc2cc(F)ccc2s1. The van der Waals surface area contributed by atoms with Gasteiger partial charge >= 0.3 is 6.03 Å². The lowest BCUT2D eigenvalue weighted by atomic mass is 10.2. The number of nitrogens with zero attached hydrogens (tertiary/aromatic N) is 2. The molecule has 0 radical (unpaired) electrons. The number of nitrogens with one attached hydrogen (secondary N) is 1. The van der Waals surface area contributed by atoms with Crippen LogP contribution in [0.3, 0.4) is 0 Å². The van der Waals surface area contributed by atoms with E-state index in [2.05, 4.69) is 10.3 Å². The summed E-state index contributed by atoms with van der Waals surface area (Å²) in [4.78, 5) is 18.8. The van der Waals surface area contributed by atoms with Gasteiger partial charge in [0.15, 0.2) is 0 Å². The fourth-order valence-electron chi connectivity index (χ4n) is 2.06. The van der Waals surface area contributed by atoms with Crippen LogP contribution in [-0.4, -0.2) is 23.0 Å². The van der Waals surface area contributed by atoms with Gasteiger partial charge in [-0.3, -0.25) is 0 Å². The topological polar surface area (TPSA) is 45.2 Å². The molecule has 3 rings (SSSR count). The first-order chi connectivity index (χ1) is 10.6. The van der Waals surface area contributed by atoms with E-state index in [9.17, 15) is 9.18 Å². The zero-order valence-electron chi connectivity index (χ0n) is 11.9. The van der Waals surface area contributed by atoms with E-state index in [1.54, 1.807) is 35.5 Å². The summed E-state index contributed by atoms with van der Waals surface area (Å²) in [6, 6.07) is 6.47. The molecule has 7 heteroatoms. The molecule has 1 aromatic carbocycles. The number of benzene rings is 1. The molecule has 0 saturated heterocycles. The Balaban J connectivity index is 1.59. The lowest BCUT2D eigenvalue weighted by Crippen LogP contribution is -2.36. The highest BCUT2D eigenvalue weighted by atomic mass is 32.1. The van der Waals surface area contributed by atoms with E-state index in [1.165, 1.54) is 23.5 Å². The molecule has 0 aliphatic rings.